The van der Waals surface area contributed by atoms with Crippen LogP contribution in [0.5, 0.6) is 0 Å². The molecule has 0 atom stereocenters. The number of hydrogen-bond donors (Lipinski definition) is 3. The van der Waals surface area contributed by atoms with Gasteiger partial charge in [0.25, 0.3) is 0 Å². The number of ether oxygens (including phenoxy) is 1. The summed E-state index contributed by atoms with van der Waals surface area (Å²) in [5, 5.41) is 26.0. The Hall–Kier alpha value is -1.72. The molecule has 0 aliphatic carbocycles. The van der Waals surface area contributed by atoms with Crippen molar-refractivity contribution in [1.29, 1.82) is 0 Å². The van der Waals surface area contributed by atoms with Crippen molar-refractivity contribution in [2.45, 2.75) is 26.6 Å². The summed E-state index contributed by atoms with van der Waals surface area (Å²) in [5.74, 6) is 0. The van der Waals surface area contributed by atoms with Crippen molar-refractivity contribution in [2.24, 2.45) is 5.41 Å². The van der Waals surface area contributed by atoms with Gasteiger partial charge in [-0.15, -0.1) is 0 Å². The van der Waals surface area contributed by atoms with Crippen molar-refractivity contribution in [3.8, 4) is 0 Å². The molecule has 4 nitrogen and oxygen atoms in total. The molecule has 0 amide bonds. The molecule has 0 heterocycles. The van der Waals surface area contributed by atoms with Crippen molar-refractivity contribution in [3.63, 3.8) is 0 Å². The van der Waals surface area contributed by atoms with E-state index in [0.717, 1.165) is 0 Å². The lowest BCUT2D eigenvalue weighted by Gasteiger charge is -2.24. The van der Waals surface area contributed by atoms with Crippen LogP contribution in [0.2, 0.25) is 0 Å². The lowest BCUT2D eigenvalue weighted by atomic mass is 9.88. The van der Waals surface area contributed by atoms with Crippen LogP contribution in [-0.4, -0.2) is 35.1 Å². The fraction of sp³-hybridized carbons (Fsp3) is 0.400. The summed E-state index contributed by atoms with van der Waals surface area (Å²) >= 11 is 0. The molecule has 3 N–H and O–H groups in total. The van der Waals surface area contributed by atoms with E-state index in [-0.39, 0.29) is 19.8 Å². The molecule has 0 aromatic heterocycles. The van der Waals surface area contributed by atoms with Gasteiger partial charge in [-0.1, -0.05) is 67.6 Å². The second-order valence-corrected chi connectivity index (χ2v) is 5.79. The van der Waals surface area contributed by atoms with Gasteiger partial charge in [-0.25, -0.2) is 0 Å². The molecule has 132 valence electrons. The van der Waals surface area contributed by atoms with Gasteiger partial charge in [0.2, 0.25) is 0 Å². The lowest BCUT2D eigenvalue weighted by molar-refractivity contribution is 0.00304. The van der Waals surface area contributed by atoms with Crippen molar-refractivity contribution >= 4 is 0 Å². The van der Waals surface area contributed by atoms with Crippen molar-refractivity contribution in [1.82, 2.24) is 0 Å². The maximum Gasteiger partial charge on any atom is 0.0721 e. The molecule has 4 heteroatoms. The fourth-order valence-electron chi connectivity index (χ4n) is 1.92. The maximum absolute atomic E-state index is 8.66. The normalized spacial score (nSPS) is 10.8. The van der Waals surface area contributed by atoms with Gasteiger partial charge < -0.3 is 20.1 Å². The van der Waals surface area contributed by atoms with Gasteiger partial charge in [-0.05, 0) is 17.5 Å². The van der Waals surface area contributed by atoms with Crippen molar-refractivity contribution < 1.29 is 20.1 Å². The molecule has 0 aliphatic rings. The molecule has 2 aromatic rings. The van der Waals surface area contributed by atoms with Crippen molar-refractivity contribution in [2.75, 3.05) is 19.8 Å². The molecule has 2 aromatic carbocycles. The second-order valence-electron chi connectivity index (χ2n) is 5.79. The molecule has 0 bridgehead atoms. The Kier molecular flexibility index (Phi) is 9.96. The minimum Gasteiger partial charge on any atom is -0.396 e. The largest absolute Gasteiger partial charge is 0.396 e. The predicted molar refractivity (Wildman–Crippen MR) is 95.4 cm³/mol. The molecular weight excluding hydrogens is 304 g/mol. The van der Waals surface area contributed by atoms with E-state index in [1.165, 1.54) is 11.1 Å². The van der Waals surface area contributed by atoms with E-state index in [9.17, 15) is 0 Å². The van der Waals surface area contributed by atoms with Crippen LogP contribution in [0, 0.1) is 5.41 Å². The van der Waals surface area contributed by atoms with Gasteiger partial charge in [0.05, 0.1) is 33.0 Å². The Morgan fingerprint density at radius 2 is 1.08 bits per heavy atom. The zero-order valence-electron chi connectivity index (χ0n) is 14.3. The van der Waals surface area contributed by atoms with Crippen LogP contribution in [0.15, 0.2) is 60.7 Å². The molecule has 24 heavy (non-hydrogen) atoms. The standard InChI is InChI=1S/C14H14O.C6H14O3/c1-3-7-13(8-4-1)11-15-12-14-9-5-2-6-10-14;1-2-6(3-7,4-8)5-9/h1-10H,11-12H2;7-9H,2-5H2,1H3. The molecular formula is C20H28O4. The van der Waals surface area contributed by atoms with Crippen LogP contribution in [0.3, 0.4) is 0 Å². The molecule has 0 radical (unpaired) electrons. The summed E-state index contributed by atoms with van der Waals surface area (Å²) in [7, 11) is 0. The van der Waals surface area contributed by atoms with Gasteiger partial charge in [0.15, 0.2) is 0 Å². The Balaban J connectivity index is 0.000000277. The smallest absolute Gasteiger partial charge is 0.0721 e. The summed E-state index contributed by atoms with van der Waals surface area (Å²) in [5.41, 5.74) is 1.77. The Labute approximate surface area is 144 Å². The van der Waals surface area contributed by atoms with Crippen LogP contribution in [0.4, 0.5) is 0 Å². The molecule has 0 aliphatic heterocycles. The van der Waals surface area contributed by atoms with E-state index >= 15 is 0 Å². The van der Waals surface area contributed by atoms with E-state index < -0.39 is 5.41 Å². The molecule has 0 saturated heterocycles. The maximum atomic E-state index is 8.66. The van der Waals surface area contributed by atoms with Crippen LogP contribution in [-0.2, 0) is 18.0 Å². The predicted octanol–water partition coefficient (Wildman–Crippen LogP) is 2.76. The number of aliphatic hydroxyl groups is 3. The first-order valence-corrected chi connectivity index (χ1v) is 8.18. The topological polar surface area (TPSA) is 69.9 Å². The van der Waals surface area contributed by atoms with Gasteiger partial charge in [0.1, 0.15) is 0 Å². The van der Waals surface area contributed by atoms with E-state index in [0.29, 0.717) is 19.6 Å². The third kappa shape index (κ3) is 7.23. The van der Waals surface area contributed by atoms with E-state index in [2.05, 4.69) is 24.3 Å². The molecule has 0 unspecified atom stereocenters. The highest BCUT2D eigenvalue weighted by molar-refractivity contribution is 5.15. The van der Waals surface area contributed by atoms with Crippen LogP contribution < -0.4 is 0 Å². The minimum atomic E-state index is -0.667. The number of hydrogen-bond acceptors (Lipinski definition) is 4. The first-order chi connectivity index (χ1) is 11.7. The SMILES string of the molecule is CCC(CO)(CO)CO.c1ccc(COCc2ccccc2)cc1. The van der Waals surface area contributed by atoms with Crippen LogP contribution in [0.1, 0.15) is 24.5 Å². The monoisotopic (exact) mass is 332 g/mol. The van der Waals surface area contributed by atoms with Gasteiger partial charge in [-0.3, -0.25) is 0 Å². The van der Waals surface area contributed by atoms with E-state index in [1.54, 1.807) is 0 Å². The Morgan fingerprint density at radius 1 is 0.708 bits per heavy atom. The summed E-state index contributed by atoms with van der Waals surface area (Å²) in [6.45, 7) is 2.71. The number of rotatable bonds is 8. The third-order valence-electron chi connectivity index (χ3n) is 3.98. The number of aliphatic hydroxyl groups excluding tert-OH is 3. The molecule has 0 spiro atoms. The van der Waals surface area contributed by atoms with Gasteiger partial charge >= 0.3 is 0 Å². The van der Waals surface area contributed by atoms with Crippen molar-refractivity contribution in [3.05, 3.63) is 71.8 Å². The zero-order valence-corrected chi connectivity index (χ0v) is 14.3. The van der Waals surface area contributed by atoms with Crippen LogP contribution in [0.25, 0.3) is 0 Å². The third-order valence-corrected chi connectivity index (χ3v) is 3.98. The highest BCUT2D eigenvalue weighted by atomic mass is 16.5. The Morgan fingerprint density at radius 3 is 1.33 bits per heavy atom. The summed E-state index contributed by atoms with van der Waals surface area (Å²) in [4.78, 5) is 0. The summed E-state index contributed by atoms with van der Waals surface area (Å²) in [6.07, 6.45) is 0.594. The average Bonchev–Trinajstić information content (AvgIpc) is 2.66. The first-order valence-electron chi connectivity index (χ1n) is 8.18. The second kappa shape index (κ2) is 11.8. The summed E-state index contributed by atoms with van der Waals surface area (Å²) < 4.78 is 5.61. The lowest BCUT2D eigenvalue weighted by Crippen LogP contribution is -2.32. The quantitative estimate of drug-likeness (QED) is 0.695. The number of benzene rings is 2. The molecule has 0 saturated carbocycles. The van der Waals surface area contributed by atoms with Crippen LogP contribution >= 0.6 is 0 Å². The zero-order chi connectivity index (χ0) is 17.7. The average molecular weight is 332 g/mol. The molecule has 0 fully saturated rings. The molecule has 2 rings (SSSR count). The highest BCUT2D eigenvalue weighted by Crippen LogP contribution is 2.18. The van der Waals surface area contributed by atoms with E-state index in [1.807, 2.05) is 43.3 Å². The minimum absolute atomic E-state index is 0.156. The van der Waals surface area contributed by atoms with E-state index in [4.69, 9.17) is 20.1 Å². The van der Waals surface area contributed by atoms with Gasteiger partial charge in [0, 0.05) is 5.41 Å². The van der Waals surface area contributed by atoms with Gasteiger partial charge in [-0.2, -0.15) is 0 Å². The first kappa shape index (κ1) is 20.3. The fourth-order valence-corrected chi connectivity index (χ4v) is 1.92. The Bertz CT molecular complexity index is 467. The summed E-state index contributed by atoms with van der Waals surface area (Å²) in [6, 6.07) is 20.4. The highest BCUT2D eigenvalue weighted by Gasteiger charge is 2.24.